The summed E-state index contributed by atoms with van der Waals surface area (Å²) in [5.41, 5.74) is 1.96. The number of nitro groups is 1. The molecule has 7 heteroatoms. The summed E-state index contributed by atoms with van der Waals surface area (Å²) in [5, 5.41) is 10.7. The second-order valence-corrected chi connectivity index (χ2v) is 6.62. The van der Waals surface area contributed by atoms with Gasteiger partial charge in [-0.25, -0.2) is 0 Å². The smallest absolute Gasteiger partial charge is 0.339 e. The van der Waals surface area contributed by atoms with Gasteiger partial charge in [-0.15, -0.1) is 0 Å². The Hall–Kier alpha value is -2.41. The number of aryl methyl sites for hydroxylation is 2. The van der Waals surface area contributed by atoms with Crippen molar-refractivity contribution in [2.75, 3.05) is 0 Å². The minimum absolute atomic E-state index is 0.0691. The van der Waals surface area contributed by atoms with E-state index in [-0.39, 0.29) is 16.3 Å². The number of nitro benzene ring substituents is 1. The van der Waals surface area contributed by atoms with Crippen LogP contribution in [-0.4, -0.2) is 13.3 Å². The molecule has 1 aliphatic carbocycles. The molecule has 0 saturated carbocycles. The van der Waals surface area contributed by atoms with Gasteiger partial charge < -0.3 is 4.18 Å². The van der Waals surface area contributed by atoms with Crippen LogP contribution in [-0.2, 0) is 23.0 Å². The minimum atomic E-state index is -4.00. The molecular weight excluding hydrogens is 306 g/mol. The van der Waals surface area contributed by atoms with E-state index in [0.29, 0.717) is 0 Å². The van der Waals surface area contributed by atoms with Crippen LogP contribution in [0, 0.1) is 10.1 Å². The zero-order valence-electron chi connectivity index (χ0n) is 11.6. The molecule has 6 nitrogen and oxygen atoms in total. The predicted molar refractivity (Wildman–Crippen MR) is 79.4 cm³/mol. The number of rotatable bonds is 4. The number of hydrogen-bond acceptors (Lipinski definition) is 5. The SMILES string of the molecule is O=[N+]([O-])c1cccc(OS(=O)(=O)c2ccc3c(c2)CCC3)c1. The molecule has 0 fully saturated rings. The van der Waals surface area contributed by atoms with E-state index in [1.54, 1.807) is 12.1 Å². The zero-order chi connectivity index (χ0) is 15.7. The van der Waals surface area contributed by atoms with E-state index in [9.17, 15) is 18.5 Å². The van der Waals surface area contributed by atoms with E-state index < -0.39 is 15.0 Å². The summed E-state index contributed by atoms with van der Waals surface area (Å²) in [5.74, 6) is -0.0744. The lowest BCUT2D eigenvalue weighted by atomic mass is 10.1. The summed E-state index contributed by atoms with van der Waals surface area (Å²) in [4.78, 5) is 10.2. The molecule has 0 aromatic heterocycles. The molecule has 2 aromatic rings. The number of non-ortho nitro benzene ring substituents is 1. The molecule has 0 atom stereocenters. The van der Waals surface area contributed by atoms with Gasteiger partial charge in [0.25, 0.3) is 5.69 Å². The van der Waals surface area contributed by atoms with Crippen LogP contribution in [0.1, 0.15) is 17.5 Å². The molecule has 22 heavy (non-hydrogen) atoms. The molecule has 2 aromatic carbocycles. The lowest BCUT2D eigenvalue weighted by Gasteiger charge is -2.08. The molecule has 0 bridgehead atoms. The zero-order valence-corrected chi connectivity index (χ0v) is 12.4. The van der Waals surface area contributed by atoms with Gasteiger partial charge in [-0.05, 0) is 48.6 Å². The van der Waals surface area contributed by atoms with Crippen LogP contribution in [0.5, 0.6) is 5.75 Å². The highest BCUT2D eigenvalue weighted by atomic mass is 32.2. The Labute approximate surface area is 127 Å². The Balaban J connectivity index is 1.90. The molecule has 0 aliphatic heterocycles. The molecule has 0 saturated heterocycles. The fourth-order valence-corrected chi connectivity index (χ4v) is 3.50. The van der Waals surface area contributed by atoms with Crippen LogP contribution in [0.2, 0.25) is 0 Å². The molecular formula is C15H13NO5S. The van der Waals surface area contributed by atoms with Crippen LogP contribution in [0.15, 0.2) is 47.4 Å². The second-order valence-electron chi connectivity index (χ2n) is 5.08. The van der Waals surface area contributed by atoms with Crippen molar-refractivity contribution in [3.8, 4) is 5.75 Å². The van der Waals surface area contributed by atoms with Crippen molar-refractivity contribution in [1.82, 2.24) is 0 Å². The third-order valence-corrected chi connectivity index (χ3v) is 4.84. The fourth-order valence-electron chi connectivity index (χ4n) is 2.53. The van der Waals surface area contributed by atoms with Crippen molar-refractivity contribution in [2.24, 2.45) is 0 Å². The van der Waals surface area contributed by atoms with Crippen LogP contribution < -0.4 is 4.18 Å². The van der Waals surface area contributed by atoms with Gasteiger partial charge in [0.2, 0.25) is 0 Å². The summed E-state index contributed by atoms with van der Waals surface area (Å²) >= 11 is 0. The Morgan fingerprint density at radius 1 is 1.05 bits per heavy atom. The molecule has 0 amide bonds. The first kappa shape index (κ1) is 14.5. The Morgan fingerprint density at radius 3 is 2.59 bits per heavy atom. The number of benzene rings is 2. The Bertz CT molecular complexity index is 845. The van der Waals surface area contributed by atoms with E-state index in [1.807, 2.05) is 0 Å². The van der Waals surface area contributed by atoms with Gasteiger partial charge >= 0.3 is 10.1 Å². The van der Waals surface area contributed by atoms with Crippen molar-refractivity contribution in [3.05, 3.63) is 63.7 Å². The highest BCUT2D eigenvalue weighted by Crippen LogP contribution is 2.27. The van der Waals surface area contributed by atoms with Crippen molar-refractivity contribution >= 4 is 15.8 Å². The third-order valence-electron chi connectivity index (χ3n) is 3.59. The maximum Gasteiger partial charge on any atom is 0.339 e. The molecule has 3 rings (SSSR count). The summed E-state index contributed by atoms with van der Waals surface area (Å²) in [6, 6.07) is 10.0. The van der Waals surface area contributed by atoms with E-state index in [0.717, 1.165) is 36.5 Å². The van der Waals surface area contributed by atoms with Crippen LogP contribution in [0.25, 0.3) is 0 Å². The maximum absolute atomic E-state index is 12.3. The Morgan fingerprint density at radius 2 is 1.82 bits per heavy atom. The quantitative estimate of drug-likeness (QED) is 0.491. The second kappa shape index (κ2) is 5.42. The van der Waals surface area contributed by atoms with Gasteiger partial charge in [-0.3, -0.25) is 10.1 Å². The number of fused-ring (bicyclic) bond motifs is 1. The maximum atomic E-state index is 12.3. The fraction of sp³-hybridized carbons (Fsp3) is 0.200. The molecule has 0 spiro atoms. The van der Waals surface area contributed by atoms with Gasteiger partial charge in [0.1, 0.15) is 10.6 Å². The van der Waals surface area contributed by atoms with Crippen LogP contribution >= 0.6 is 0 Å². The number of hydrogen-bond donors (Lipinski definition) is 0. The van der Waals surface area contributed by atoms with Gasteiger partial charge in [-0.1, -0.05) is 12.1 Å². The van der Waals surface area contributed by atoms with Crippen LogP contribution in [0.4, 0.5) is 5.69 Å². The molecule has 0 radical (unpaired) electrons. The van der Waals surface area contributed by atoms with E-state index in [2.05, 4.69) is 0 Å². The highest BCUT2D eigenvalue weighted by Gasteiger charge is 2.21. The standard InChI is InChI=1S/C15H13NO5S/c17-16(18)13-5-2-6-14(10-13)21-22(19,20)15-8-7-11-3-1-4-12(11)9-15/h2,5-10H,1,3-4H2. The molecule has 1 aliphatic rings. The van der Waals surface area contributed by atoms with Gasteiger partial charge in [0, 0.05) is 6.07 Å². The lowest BCUT2D eigenvalue weighted by Crippen LogP contribution is -2.10. The van der Waals surface area contributed by atoms with Crippen molar-refractivity contribution in [2.45, 2.75) is 24.2 Å². The largest absolute Gasteiger partial charge is 0.379 e. The molecule has 0 heterocycles. The van der Waals surface area contributed by atoms with Gasteiger partial charge in [0.05, 0.1) is 11.0 Å². The minimum Gasteiger partial charge on any atom is -0.379 e. The normalized spacial score (nSPS) is 13.6. The monoisotopic (exact) mass is 319 g/mol. The average molecular weight is 319 g/mol. The first-order valence-electron chi connectivity index (χ1n) is 6.76. The van der Waals surface area contributed by atoms with Crippen molar-refractivity contribution in [3.63, 3.8) is 0 Å². The topological polar surface area (TPSA) is 86.5 Å². The van der Waals surface area contributed by atoms with Crippen molar-refractivity contribution in [1.29, 1.82) is 0 Å². The summed E-state index contributed by atoms with van der Waals surface area (Å²) < 4.78 is 29.6. The number of nitrogens with zero attached hydrogens (tertiary/aromatic N) is 1. The predicted octanol–water partition coefficient (Wildman–Crippen LogP) is 2.85. The van der Waals surface area contributed by atoms with E-state index in [1.165, 1.54) is 24.3 Å². The van der Waals surface area contributed by atoms with Gasteiger partial charge in [0.15, 0.2) is 0 Å². The molecule has 0 unspecified atom stereocenters. The van der Waals surface area contributed by atoms with E-state index >= 15 is 0 Å². The first-order valence-corrected chi connectivity index (χ1v) is 8.17. The van der Waals surface area contributed by atoms with Crippen molar-refractivity contribution < 1.29 is 17.5 Å². The molecule has 0 N–H and O–H groups in total. The first-order chi connectivity index (χ1) is 10.5. The summed E-state index contributed by atoms with van der Waals surface area (Å²) in [7, 11) is -4.00. The summed E-state index contributed by atoms with van der Waals surface area (Å²) in [6.07, 6.45) is 2.83. The third kappa shape index (κ3) is 2.80. The highest BCUT2D eigenvalue weighted by molar-refractivity contribution is 7.87. The van der Waals surface area contributed by atoms with E-state index in [4.69, 9.17) is 4.18 Å². The average Bonchev–Trinajstić information content (AvgIpc) is 2.94. The van der Waals surface area contributed by atoms with Crippen LogP contribution in [0.3, 0.4) is 0 Å². The molecule has 114 valence electrons. The lowest BCUT2D eigenvalue weighted by molar-refractivity contribution is -0.384. The Kier molecular flexibility index (Phi) is 3.58. The van der Waals surface area contributed by atoms with Gasteiger partial charge in [-0.2, -0.15) is 8.42 Å². The summed E-state index contributed by atoms with van der Waals surface area (Å²) in [6.45, 7) is 0.